The van der Waals surface area contributed by atoms with E-state index in [1.165, 1.54) is 25.7 Å². The van der Waals surface area contributed by atoms with E-state index in [0.29, 0.717) is 0 Å². The molecule has 0 amide bonds. The summed E-state index contributed by atoms with van der Waals surface area (Å²) in [7, 11) is 0. The van der Waals surface area contributed by atoms with E-state index in [1.807, 2.05) is 0 Å². The standard InChI is InChI=1S/C7H10.C3H7NO3/c1-2-7-4-3-6(1)5-7;4-2(1-5)3(6)7/h1,7H,2-5H2;2,5H,1,4H2,(H,6,7). The van der Waals surface area contributed by atoms with E-state index in [4.69, 9.17) is 15.9 Å². The van der Waals surface area contributed by atoms with E-state index >= 15 is 0 Å². The van der Waals surface area contributed by atoms with Gasteiger partial charge < -0.3 is 15.9 Å². The summed E-state index contributed by atoms with van der Waals surface area (Å²) in [4.78, 5) is 9.65. The van der Waals surface area contributed by atoms with E-state index in [9.17, 15) is 4.79 Å². The number of nitrogens with two attached hydrogens (primary N) is 1. The first-order chi connectivity index (χ1) is 6.63. The van der Waals surface area contributed by atoms with Crippen molar-refractivity contribution in [2.45, 2.75) is 31.7 Å². The van der Waals surface area contributed by atoms with E-state index in [0.717, 1.165) is 5.92 Å². The first-order valence-electron chi connectivity index (χ1n) is 4.90. The fourth-order valence-electron chi connectivity index (χ4n) is 1.76. The minimum atomic E-state index is -1.18. The van der Waals surface area contributed by atoms with Gasteiger partial charge in [-0.3, -0.25) is 4.79 Å². The number of aliphatic hydroxyl groups excluding tert-OH is 1. The van der Waals surface area contributed by atoms with Gasteiger partial charge in [0.1, 0.15) is 6.04 Å². The highest BCUT2D eigenvalue weighted by Crippen LogP contribution is 2.38. The Hall–Kier alpha value is -0.870. The largest absolute Gasteiger partial charge is 0.480 e. The number of carboxylic acids is 1. The van der Waals surface area contributed by atoms with Crippen molar-refractivity contribution >= 4 is 5.97 Å². The molecule has 0 aromatic rings. The van der Waals surface area contributed by atoms with E-state index in [-0.39, 0.29) is 0 Å². The molecule has 0 aromatic heterocycles. The highest BCUT2D eigenvalue weighted by Gasteiger charge is 2.22. The Kier molecular flexibility index (Phi) is 4.10. The molecule has 4 N–H and O–H groups in total. The highest BCUT2D eigenvalue weighted by molar-refractivity contribution is 5.73. The zero-order valence-corrected chi connectivity index (χ0v) is 8.15. The Bertz CT molecular complexity index is 238. The van der Waals surface area contributed by atoms with Crippen LogP contribution >= 0.6 is 0 Å². The van der Waals surface area contributed by atoms with Crippen molar-refractivity contribution in [1.82, 2.24) is 0 Å². The van der Waals surface area contributed by atoms with Gasteiger partial charge in [0.2, 0.25) is 0 Å². The van der Waals surface area contributed by atoms with Crippen LogP contribution in [0.2, 0.25) is 0 Å². The van der Waals surface area contributed by atoms with Crippen LogP contribution in [0, 0.1) is 5.92 Å². The van der Waals surface area contributed by atoms with Crippen LogP contribution in [0.5, 0.6) is 0 Å². The van der Waals surface area contributed by atoms with Crippen molar-refractivity contribution in [2.75, 3.05) is 6.61 Å². The molecule has 0 saturated heterocycles. The maximum Gasteiger partial charge on any atom is 0.322 e. The lowest BCUT2D eigenvalue weighted by Crippen LogP contribution is -2.33. The SMILES string of the molecule is C1=C2CCC(C1)C2.NC(CO)C(=O)O. The van der Waals surface area contributed by atoms with Crippen molar-refractivity contribution in [3.05, 3.63) is 11.6 Å². The lowest BCUT2D eigenvalue weighted by Gasteiger charge is -1.98. The Labute approximate surface area is 83.4 Å². The zero-order chi connectivity index (χ0) is 10.6. The van der Waals surface area contributed by atoms with E-state index < -0.39 is 18.6 Å². The van der Waals surface area contributed by atoms with Crippen LogP contribution in [-0.4, -0.2) is 28.8 Å². The van der Waals surface area contributed by atoms with Crippen molar-refractivity contribution < 1.29 is 15.0 Å². The quantitative estimate of drug-likeness (QED) is 0.566. The number of fused-ring (bicyclic) bond motifs is 2. The Morgan fingerprint density at radius 3 is 2.50 bits per heavy atom. The number of carboxylic acid groups (broad SMARTS) is 1. The average Bonchev–Trinajstić information content (AvgIpc) is 2.80. The minimum absolute atomic E-state index is 0.505. The third-order valence-electron chi connectivity index (χ3n) is 2.68. The van der Waals surface area contributed by atoms with Crippen LogP contribution < -0.4 is 5.73 Å². The summed E-state index contributed by atoms with van der Waals surface area (Å²) in [5, 5.41) is 15.9. The molecule has 14 heavy (non-hydrogen) atoms. The lowest BCUT2D eigenvalue weighted by molar-refractivity contribution is -0.139. The molecular formula is C10H17NO3. The predicted octanol–water partition coefficient (Wildman–Crippen LogP) is 0.507. The molecule has 2 rings (SSSR count). The molecule has 80 valence electrons. The normalized spacial score (nSPS) is 25.0. The summed E-state index contributed by atoms with van der Waals surface area (Å²) in [6.07, 6.45) is 8.18. The molecule has 2 aliphatic carbocycles. The van der Waals surface area contributed by atoms with Gasteiger partial charge in [-0.1, -0.05) is 11.6 Å². The number of carbonyl (C=O) groups is 1. The van der Waals surface area contributed by atoms with Gasteiger partial charge in [-0.2, -0.15) is 0 Å². The van der Waals surface area contributed by atoms with Crippen LogP contribution in [0.4, 0.5) is 0 Å². The molecule has 0 aliphatic heterocycles. The van der Waals surface area contributed by atoms with E-state index in [1.54, 1.807) is 5.57 Å². The third kappa shape index (κ3) is 3.12. The van der Waals surface area contributed by atoms with Gasteiger partial charge in [-0.05, 0) is 31.6 Å². The topological polar surface area (TPSA) is 83.5 Å². The van der Waals surface area contributed by atoms with Gasteiger partial charge in [0.05, 0.1) is 6.61 Å². The van der Waals surface area contributed by atoms with Gasteiger partial charge >= 0.3 is 5.97 Å². The maximum absolute atomic E-state index is 9.65. The van der Waals surface area contributed by atoms with Crippen LogP contribution in [0.3, 0.4) is 0 Å². The fourth-order valence-corrected chi connectivity index (χ4v) is 1.76. The monoisotopic (exact) mass is 199 g/mol. The number of aliphatic hydroxyl groups is 1. The summed E-state index contributed by atoms with van der Waals surface area (Å²) in [6.45, 7) is -0.505. The Morgan fingerprint density at radius 1 is 1.71 bits per heavy atom. The summed E-state index contributed by atoms with van der Waals surface area (Å²) < 4.78 is 0. The van der Waals surface area contributed by atoms with Crippen LogP contribution in [-0.2, 0) is 4.79 Å². The molecule has 4 heteroatoms. The average molecular weight is 199 g/mol. The smallest absolute Gasteiger partial charge is 0.322 e. The molecule has 2 aliphatic rings. The molecular weight excluding hydrogens is 182 g/mol. The van der Waals surface area contributed by atoms with Gasteiger partial charge in [0.15, 0.2) is 0 Å². The summed E-state index contributed by atoms with van der Waals surface area (Å²) in [6, 6.07) is -1.13. The number of hydrogen-bond donors (Lipinski definition) is 3. The first kappa shape index (κ1) is 11.2. The molecule has 1 fully saturated rings. The molecule has 0 radical (unpaired) electrons. The van der Waals surface area contributed by atoms with Crippen molar-refractivity contribution in [2.24, 2.45) is 11.7 Å². The number of hydrogen-bond acceptors (Lipinski definition) is 3. The maximum atomic E-state index is 9.65. The van der Waals surface area contributed by atoms with Crippen LogP contribution in [0.25, 0.3) is 0 Å². The van der Waals surface area contributed by atoms with Crippen molar-refractivity contribution in [3.8, 4) is 0 Å². The molecule has 2 unspecified atom stereocenters. The molecule has 0 heterocycles. The van der Waals surface area contributed by atoms with Gasteiger partial charge in [-0.15, -0.1) is 0 Å². The summed E-state index contributed by atoms with van der Waals surface area (Å²) in [5.41, 5.74) is 6.51. The lowest BCUT2D eigenvalue weighted by atomic mass is 10.1. The first-order valence-corrected chi connectivity index (χ1v) is 4.90. The molecule has 4 nitrogen and oxygen atoms in total. The molecule has 2 atom stereocenters. The van der Waals surface area contributed by atoms with Gasteiger partial charge in [0, 0.05) is 0 Å². The van der Waals surface area contributed by atoms with Crippen LogP contribution in [0.15, 0.2) is 11.6 Å². The molecule has 0 spiro atoms. The predicted molar refractivity (Wildman–Crippen MR) is 52.7 cm³/mol. The number of aliphatic carboxylic acids is 1. The van der Waals surface area contributed by atoms with Gasteiger partial charge in [0.25, 0.3) is 0 Å². The second-order valence-corrected chi connectivity index (χ2v) is 3.83. The third-order valence-corrected chi connectivity index (χ3v) is 2.68. The minimum Gasteiger partial charge on any atom is -0.480 e. The van der Waals surface area contributed by atoms with Gasteiger partial charge in [-0.25, -0.2) is 0 Å². The molecule has 0 aromatic carbocycles. The van der Waals surface area contributed by atoms with Crippen molar-refractivity contribution in [1.29, 1.82) is 0 Å². The molecule has 2 bridgehead atoms. The Morgan fingerprint density at radius 2 is 2.43 bits per heavy atom. The van der Waals surface area contributed by atoms with E-state index in [2.05, 4.69) is 6.08 Å². The Balaban J connectivity index is 0.000000140. The molecule has 1 saturated carbocycles. The second kappa shape index (κ2) is 5.12. The fraction of sp³-hybridized carbons (Fsp3) is 0.700. The van der Waals surface area contributed by atoms with Crippen molar-refractivity contribution in [3.63, 3.8) is 0 Å². The highest BCUT2D eigenvalue weighted by atomic mass is 16.4. The van der Waals surface area contributed by atoms with Crippen LogP contribution in [0.1, 0.15) is 25.7 Å². The zero-order valence-electron chi connectivity index (χ0n) is 8.15. The number of allylic oxidation sites excluding steroid dienone is 2. The summed E-state index contributed by atoms with van der Waals surface area (Å²) >= 11 is 0. The second-order valence-electron chi connectivity index (χ2n) is 3.83. The summed E-state index contributed by atoms with van der Waals surface area (Å²) in [5.74, 6) is -0.0995. The number of rotatable bonds is 2.